The second-order valence-electron chi connectivity index (χ2n) is 7.41. The van der Waals surface area contributed by atoms with Gasteiger partial charge in [-0.2, -0.15) is 0 Å². The summed E-state index contributed by atoms with van der Waals surface area (Å²) in [6.07, 6.45) is 19.3. The van der Waals surface area contributed by atoms with Crippen LogP contribution in [0.3, 0.4) is 0 Å². The molecule has 150 valence electrons. The molecule has 0 atom stereocenters. The molecule has 0 spiro atoms. The van der Waals surface area contributed by atoms with E-state index in [0.29, 0.717) is 5.56 Å². The zero-order valence-electron chi connectivity index (χ0n) is 16.8. The van der Waals surface area contributed by atoms with Crippen molar-refractivity contribution in [3.63, 3.8) is 0 Å². The van der Waals surface area contributed by atoms with Crippen molar-refractivity contribution in [2.24, 2.45) is 0 Å². The van der Waals surface area contributed by atoms with Crippen LogP contribution in [-0.4, -0.2) is 47.2 Å². The molecule has 0 fully saturated rings. The summed E-state index contributed by atoms with van der Waals surface area (Å²) < 4.78 is 0. The van der Waals surface area contributed by atoms with Crippen molar-refractivity contribution in [1.29, 1.82) is 0 Å². The zero-order chi connectivity index (χ0) is 18.9. The molecule has 0 aliphatic heterocycles. The number of carboxylic acid groups (broad SMARTS) is 1. The Morgan fingerprint density at radius 1 is 0.741 bits per heavy atom. The Bertz CT molecular complexity index is 462. The van der Waals surface area contributed by atoms with Crippen LogP contribution in [-0.2, 0) is 0 Å². The SMILES string of the molecule is CCCCCCCCCCCCCCCCNc1ccc(C(=O)O)cc1.[NaH]. The number of unbranched alkanes of at least 4 members (excludes halogenated alkanes) is 13. The average molecular weight is 386 g/mol. The molecule has 0 saturated carbocycles. The Hall–Kier alpha value is -0.510. The molecular formula is C23H40NNaO2. The van der Waals surface area contributed by atoms with Gasteiger partial charge in [0.25, 0.3) is 0 Å². The monoisotopic (exact) mass is 385 g/mol. The fraction of sp³-hybridized carbons (Fsp3) is 0.696. The van der Waals surface area contributed by atoms with Crippen LogP contribution in [0.15, 0.2) is 24.3 Å². The number of aromatic carboxylic acids is 1. The third-order valence-electron chi connectivity index (χ3n) is 4.99. The van der Waals surface area contributed by atoms with Crippen molar-refractivity contribution in [2.45, 2.75) is 96.8 Å². The van der Waals surface area contributed by atoms with E-state index in [1.807, 2.05) is 12.1 Å². The van der Waals surface area contributed by atoms with Gasteiger partial charge in [-0.1, -0.05) is 90.4 Å². The third kappa shape index (κ3) is 15.1. The molecule has 3 nitrogen and oxygen atoms in total. The van der Waals surface area contributed by atoms with Crippen LogP contribution in [0.2, 0.25) is 0 Å². The molecule has 0 radical (unpaired) electrons. The van der Waals surface area contributed by atoms with Gasteiger partial charge in [0, 0.05) is 12.2 Å². The summed E-state index contributed by atoms with van der Waals surface area (Å²) in [5.74, 6) is -0.872. The van der Waals surface area contributed by atoms with E-state index in [0.717, 1.165) is 12.2 Å². The van der Waals surface area contributed by atoms with Crippen LogP contribution >= 0.6 is 0 Å². The van der Waals surface area contributed by atoms with Crippen molar-refractivity contribution in [3.8, 4) is 0 Å². The molecular weight excluding hydrogens is 345 g/mol. The van der Waals surface area contributed by atoms with E-state index in [1.165, 1.54) is 89.9 Å². The summed E-state index contributed by atoms with van der Waals surface area (Å²) in [6, 6.07) is 6.98. The summed E-state index contributed by atoms with van der Waals surface area (Å²) in [6.45, 7) is 3.24. The topological polar surface area (TPSA) is 49.3 Å². The predicted molar refractivity (Wildman–Crippen MR) is 119 cm³/mol. The molecule has 2 N–H and O–H groups in total. The molecule has 0 unspecified atom stereocenters. The molecule has 0 bridgehead atoms. The van der Waals surface area contributed by atoms with Crippen LogP contribution in [0.25, 0.3) is 0 Å². The van der Waals surface area contributed by atoms with Crippen molar-refractivity contribution >= 4 is 41.2 Å². The molecule has 1 aromatic rings. The summed E-state index contributed by atoms with van der Waals surface area (Å²) in [7, 11) is 0. The van der Waals surface area contributed by atoms with Gasteiger partial charge in [0.1, 0.15) is 0 Å². The Labute approximate surface area is 189 Å². The van der Waals surface area contributed by atoms with Crippen molar-refractivity contribution in [2.75, 3.05) is 11.9 Å². The normalized spacial score (nSPS) is 10.4. The van der Waals surface area contributed by atoms with Gasteiger partial charge in [-0.3, -0.25) is 0 Å². The predicted octanol–water partition coefficient (Wildman–Crippen LogP) is 6.63. The van der Waals surface area contributed by atoms with Crippen LogP contribution in [0.5, 0.6) is 0 Å². The number of nitrogens with one attached hydrogen (secondary N) is 1. The van der Waals surface area contributed by atoms with Crippen molar-refractivity contribution in [3.05, 3.63) is 29.8 Å². The fourth-order valence-corrected chi connectivity index (χ4v) is 3.28. The Morgan fingerprint density at radius 2 is 1.15 bits per heavy atom. The first-order valence-corrected chi connectivity index (χ1v) is 10.8. The van der Waals surface area contributed by atoms with E-state index in [4.69, 9.17) is 5.11 Å². The summed E-state index contributed by atoms with van der Waals surface area (Å²) in [5, 5.41) is 12.2. The van der Waals surface area contributed by atoms with Gasteiger partial charge in [0.2, 0.25) is 0 Å². The first-order chi connectivity index (χ1) is 12.7. The third-order valence-corrected chi connectivity index (χ3v) is 4.99. The van der Waals surface area contributed by atoms with Crippen molar-refractivity contribution in [1.82, 2.24) is 0 Å². The quantitative estimate of drug-likeness (QED) is 0.234. The van der Waals surface area contributed by atoms with E-state index < -0.39 is 5.97 Å². The van der Waals surface area contributed by atoms with Gasteiger partial charge < -0.3 is 10.4 Å². The molecule has 0 aliphatic carbocycles. The van der Waals surface area contributed by atoms with Crippen LogP contribution in [0.1, 0.15) is 107 Å². The molecule has 1 aromatic carbocycles. The van der Waals surface area contributed by atoms with Gasteiger partial charge in [0.05, 0.1) is 5.56 Å². The van der Waals surface area contributed by atoms with Crippen molar-refractivity contribution < 1.29 is 9.90 Å². The zero-order valence-corrected chi connectivity index (χ0v) is 16.8. The first-order valence-electron chi connectivity index (χ1n) is 10.8. The summed E-state index contributed by atoms with van der Waals surface area (Å²) in [5.41, 5.74) is 1.34. The number of benzene rings is 1. The minimum atomic E-state index is -0.872. The van der Waals surface area contributed by atoms with E-state index in [1.54, 1.807) is 12.1 Å². The van der Waals surface area contributed by atoms with Crippen LogP contribution < -0.4 is 5.32 Å². The molecule has 0 aliphatic rings. The number of anilines is 1. The Kier molecular flexibility index (Phi) is 18.5. The summed E-state index contributed by atoms with van der Waals surface area (Å²) >= 11 is 0. The average Bonchev–Trinajstić information content (AvgIpc) is 2.65. The standard InChI is InChI=1S/C23H39NO2.Na.H/c1-2-3-4-5-6-7-8-9-10-11-12-13-14-15-20-24-22-18-16-21(17-19-22)23(25)26;;/h16-19,24H,2-15,20H2,1H3,(H,25,26);;. The van der Waals surface area contributed by atoms with Gasteiger partial charge in [0.15, 0.2) is 0 Å². The Balaban J connectivity index is 0.00000676. The van der Waals surface area contributed by atoms with E-state index in [-0.39, 0.29) is 29.6 Å². The van der Waals surface area contributed by atoms with E-state index >= 15 is 0 Å². The molecule has 27 heavy (non-hydrogen) atoms. The van der Waals surface area contributed by atoms with Gasteiger partial charge in [-0.15, -0.1) is 0 Å². The van der Waals surface area contributed by atoms with Crippen LogP contribution in [0, 0.1) is 0 Å². The molecule has 0 amide bonds. The molecule has 0 aromatic heterocycles. The molecule has 1 rings (SSSR count). The van der Waals surface area contributed by atoms with E-state index in [2.05, 4.69) is 12.2 Å². The van der Waals surface area contributed by atoms with Crippen LogP contribution in [0.4, 0.5) is 5.69 Å². The number of rotatable bonds is 17. The van der Waals surface area contributed by atoms with E-state index in [9.17, 15) is 4.79 Å². The summed E-state index contributed by atoms with van der Waals surface area (Å²) in [4.78, 5) is 10.8. The second kappa shape index (κ2) is 18.8. The maximum absolute atomic E-state index is 10.8. The minimum absolute atomic E-state index is 0. The molecule has 4 heteroatoms. The van der Waals surface area contributed by atoms with Gasteiger partial charge in [-0.25, -0.2) is 4.79 Å². The second-order valence-corrected chi connectivity index (χ2v) is 7.41. The van der Waals surface area contributed by atoms with Gasteiger partial charge in [-0.05, 0) is 30.7 Å². The number of carbonyl (C=O) groups is 1. The number of hydrogen-bond acceptors (Lipinski definition) is 2. The fourth-order valence-electron chi connectivity index (χ4n) is 3.28. The van der Waals surface area contributed by atoms with Gasteiger partial charge >= 0.3 is 35.5 Å². The number of hydrogen-bond donors (Lipinski definition) is 2. The molecule has 0 heterocycles. The number of carboxylic acids is 1. The molecule has 0 saturated heterocycles. The first kappa shape index (κ1) is 26.5. The maximum atomic E-state index is 10.8. The Morgan fingerprint density at radius 3 is 1.56 bits per heavy atom.